The van der Waals surface area contributed by atoms with Crippen molar-refractivity contribution >= 4 is 17.1 Å². The van der Waals surface area contributed by atoms with Crippen LogP contribution < -0.4 is 0 Å². The Morgan fingerprint density at radius 2 is 1.69 bits per heavy atom. The second kappa shape index (κ2) is 4.02. The van der Waals surface area contributed by atoms with E-state index in [9.17, 15) is 5.11 Å². The molecule has 16 heavy (non-hydrogen) atoms. The molecule has 4 nitrogen and oxygen atoms in total. The number of nitrogens with zero attached hydrogens (tertiary/aromatic N) is 1. The Morgan fingerprint density at radius 3 is 2.31 bits per heavy atom. The van der Waals surface area contributed by atoms with Gasteiger partial charge in [0.05, 0.1) is 11.4 Å². The van der Waals surface area contributed by atoms with E-state index >= 15 is 0 Å². The lowest BCUT2D eigenvalue weighted by atomic mass is 10.1. The minimum atomic E-state index is -0.0741. The van der Waals surface area contributed by atoms with Gasteiger partial charge in [-0.1, -0.05) is 0 Å². The third kappa shape index (κ3) is 2.17. The van der Waals surface area contributed by atoms with Gasteiger partial charge in [-0.05, 0) is 36.4 Å². The second-order valence-corrected chi connectivity index (χ2v) is 3.33. The summed E-state index contributed by atoms with van der Waals surface area (Å²) in [5.74, 6) is -0.0760. The quantitative estimate of drug-likeness (QED) is 0.627. The fourth-order valence-electron chi connectivity index (χ4n) is 1.28. The van der Waals surface area contributed by atoms with Gasteiger partial charge in [0.1, 0.15) is 17.2 Å². The van der Waals surface area contributed by atoms with Crippen LogP contribution >= 0.6 is 0 Å². The van der Waals surface area contributed by atoms with Crippen LogP contribution in [-0.4, -0.2) is 21.6 Å². The number of aliphatic imine (C=N–C) groups is 1. The monoisotopic (exact) mass is 214 g/mol. The van der Waals surface area contributed by atoms with Crippen molar-refractivity contribution in [3.8, 4) is 11.5 Å². The summed E-state index contributed by atoms with van der Waals surface area (Å²) in [6.45, 7) is 0. The predicted molar refractivity (Wildman–Crippen MR) is 62.9 cm³/mol. The lowest BCUT2D eigenvalue weighted by molar-refractivity contribution is 0.451. The van der Waals surface area contributed by atoms with Gasteiger partial charge in [-0.15, -0.1) is 0 Å². The van der Waals surface area contributed by atoms with E-state index in [-0.39, 0.29) is 11.5 Å². The standard InChI is InChI=1S/C12H10N2O2/c13-8-1-3-9(4-2-8)14-11-6-5-10(15)7-12(11)16/h1-7,13,15-16H. The fraction of sp³-hybridized carbons (Fsp3) is 0. The number of allylic oxidation sites excluding steroid dienone is 4. The SMILES string of the molecule is N=C1C=CC(=Nc2ccc(O)cc2O)C=C1. The summed E-state index contributed by atoms with van der Waals surface area (Å²) in [5, 5.41) is 25.9. The Morgan fingerprint density at radius 1 is 1.00 bits per heavy atom. The van der Waals surface area contributed by atoms with Gasteiger partial charge >= 0.3 is 0 Å². The van der Waals surface area contributed by atoms with Crippen molar-refractivity contribution in [3.63, 3.8) is 0 Å². The van der Waals surface area contributed by atoms with E-state index in [1.807, 2.05) is 0 Å². The minimum absolute atomic E-state index is 0.00189. The number of nitrogens with one attached hydrogen (secondary N) is 1. The van der Waals surface area contributed by atoms with E-state index in [1.54, 1.807) is 24.3 Å². The van der Waals surface area contributed by atoms with Crippen LogP contribution in [0.15, 0.2) is 47.5 Å². The van der Waals surface area contributed by atoms with E-state index in [0.29, 0.717) is 17.1 Å². The topological polar surface area (TPSA) is 76.7 Å². The first-order valence-electron chi connectivity index (χ1n) is 4.70. The van der Waals surface area contributed by atoms with Crippen LogP contribution in [0, 0.1) is 5.41 Å². The molecule has 0 saturated carbocycles. The predicted octanol–water partition coefficient (Wildman–Crippen LogP) is 2.32. The van der Waals surface area contributed by atoms with Crippen LogP contribution in [0.2, 0.25) is 0 Å². The van der Waals surface area contributed by atoms with E-state index in [0.717, 1.165) is 0 Å². The van der Waals surface area contributed by atoms with Gasteiger partial charge in [0.2, 0.25) is 0 Å². The summed E-state index contributed by atoms with van der Waals surface area (Å²) in [4.78, 5) is 4.18. The molecule has 0 heterocycles. The molecule has 0 amide bonds. The molecule has 0 radical (unpaired) electrons. The maximum Gasteiger partial charge on any atom is 0.144 e. The van der Waals surface area contributed by atoms with Crippen molar-refractivity contribution in [3.05, 3.63) is 42.5 Å². The average molecular weight is 214 g/mol. The van der Waals surface area contributed by atoms with E-state index in [1.165, 1.54) is 18.2 Å². The molecule has 1 aliphatic rings. The van der Waals surface area contributed by atoms with Gasteiger partial charge in [0, 0.05) is 6.07 Å². The van der Waals surface area contributed by atoms with E-state index in [2.05, 4.69) is 4.99 Å². The average Bonchev–Trinajstić information content (AvgIpc) is 2.25. The molecule has 2 rings (SSSR count). The second-order valence-electron chi connectivity index (χ2n) is 3.33. The minimum Gasteiger partial charge on any atom is -0.508 e. The van der Waals surface area contributed by atoms with Crippen LogP contribution in [0.25, 0.3) is 0 Å². The highest BCUT2D eigenvalue weighted by molar-refractivity contribution is 6.18. The lowest BCUT2D eigenvalue weighted by Crippen LogP contribution is -1.97. The third-order valence-electron chi connectivity index (χ3n) is 2.08. The Kier molecular flexibility index (Phi) is 2.55. The van der Waals surface area contributed by atoms with Gasteiger partial charge in [0.15, 0.2) is 0 Å². The molecule has 4 heteroatoms. The van der Waals surface area contributed by atoms with Crippen LogP contribution in [-0.2, 0) is 0 Å². The normalized spacial score (nSPS) is 14.2. The number of hydrogen-bond donors (Lipinski definition) is 3. The molecule has 80 valence electrons. The summed E-state index contributed by atoms with van der Waals surface area (Å²) in [6, 6.07) is 4.22. The number of phenolic OH excluding ortho intramolecular Hbond substituents is 2. The first-order chi connectivity index (χ1) is 7.65. The molecule has 0 saturated heterocycles. The first kappa shape index (κ1) is 10.2. The van der Waals surface area contributed by atoms with Gasteiger partial charge < -0.3 is 15.6 Å². The van der Waals surface area contributed by atoms with Crippen molar-refractivity contribution in [1.82, 2.24) is 0 Å². The van der Waals surface area contributed by atoms with Crippen LogP contribution in [0.4, 0.5) is 5.69 Å². The molecular weight excluding hydrogens is 204 g/mol. The molecule has 3 N–H and O–H groups in total. The Hall–Kier alpha value is -2.36. The number of phenols is 2. The number of hydrogen-bond acceptors (Lipinski definition) is 4. The molecule has 1 aromatic carbocycles. The van der Waals surface area contributed by atoms with Crippen LogP contribution in [0.1, 0.15) is 0 Å². The number of aromatic hydroxyl groups is 2. The molecule has 0 aliphatic heterocycles. The zero-order valence-corrected chi connectivity index (χ0v) is 8.38. The summed E-state index contributed by atoms with van der Waals surface area (Å²) in [6.07, 6.45) is 6.62. The van der Waals surface area contributed by atoms with E-state index < -0.39 is 0 Å². The molecule has 0 atom stereocenters. The smallest absolute Gasteiger partial charge is 0.144 e. The Balaban J connectivity index is 2.33. The zero-order chi connectivity index (χ0) is 11.5. The lowest BCUT2D eigenvalue weighted by Gasteiger charge is -2.03. The molecule has 0 spiro atoms. The highest BCUT2D eigenvalue weighted by Crippen LogP contribution is 2.30. The summed E-state index contributed by atoms with van der Waals surface area (Å²) in [5.41, 5.74) is 1.45. The maximum atomic E-state index is 9.52. The highest BCUT2D eigenvalue weighted by atomic mass is 16.3. The fourth-order valence-corrected chi connectivity index (χ4v) is 1.28. The largest absolute Gasteiger partial charge is 0.508 e. The molecule has 0 aromatic heterocycles. The molecular formula is C12H10N2O2. The molecule has 0 unspecified atom stereocenters. The van der Waals surface area contributed by atoms with Crippen LogP contribution in [0.5, 0.6) is 11.5 Å². The Bertz CT molecular complexity index is 510. The maximum absolute atomic E-state index is 9.52. The van der Waals surface area contributed by atoms with Crippen molar-refractivity contribution in [2.24, 2.45) is 4.99 Å². The molecule has 1 aromatic rings. The summed E-state index contributed by atoms with van der Waals surface area (Å²) in [7, 11) is 0. The zero-order valence-electron chi connectivity index (χ0n) is 8.38. The highest BCUT2D eigenvalue weighted by Gasteiger charge is 2.02. The van der Waals surface area contributed by atoms with Gasteiger partial charge in [0.25, 0.3) is 0 Å². The van der Waals surface area contributed by atoms with Gasteiger partial charge in [-0.25, -0.2) is 4.99 Å². The van der Waals surface area contributed by atoms with Crippen LogP contribution in [0.3, 0.4) is 0 Å². The summed E-state index contributed by atoms with van der Waals surface area (Å²) < 4.78 is 0. The third-order valence-corrected chi connectivity index (χ3v) is 2.08. The molecule has 0 fully saturated rings. The first-order valence-corrected chi connectivity index (χ1v) is 4.70. The van der Waals surface area contributed by atoms with Gasteiger partial charge in [-0.2, -0.15) is 0 Å². The van der Waals surface area contributed by atoms with Crippen molar-refractivity contribution in [2.75, 3.05) is 0 Å². The summed E-state index contributed by atoms with van der Waals surface area (Å²) >= 11 is 0. The number of benzene rings is 1. The Labute approximate surface area is 92.4 Å². The molecule has 0 bridgehead atoms. The molecule has 1 aliphatic carbocycles. The van der Waals surface area contributed by atoms with Crippen molar-refractivity contribution in [2.45, 2.75) is 0 Å². The van der Waals surface area contributed by atoms with Crippen molar-refractivity contribution < 1.29 is 10.2 Å². The van der Waals surface area contributed by atoms with Crippen molar-refractivity contribution in [1.29, 1.82) is 5.41 Å². The van der Waals surface area contributed by atoms with Gasteiger partial charge in [-0.3, -0.25) is 0 Å². The van der Waals surface area contributed by atoms with E-state index in [4.69, 9.17) is 10.5 Å². The number of rotatable bonds is 1.